The second-order valence-electron chi connectivity index (χ2n) is 11.1. The number of thioether (sulfide) groups is 1. The quantitative estimate of drug-likeness (QED) is 0.447. The molecule has 2 aromatic rings. The third kappa shape index (κ3) is 6.03. The van der Waals surface area contributed by atoms with Gasteiger partial charge in [-0.3, -0.25) is 14.4 Å². The Morgan fingerprint density at radius 1 is 1.10 bits per heavy atom. The molecule has 0 spiro atoms. The molecule has 0 radical (unpaired) electrons. The van der Waals surface area contributed by atoms with Gasteiger partial charge in [0.25, 0.3) is 17.7 Å². The minimum Gasteiger partial charge on any atom is -0.482 e. The molecule has 3 aliphatic rings. The van der Waals surface area contributed by atoms with Crippen LogP contribution >= 0.6 is 24.0 Å². The van der Waals surface area contributed by atoms with Crippen LogP contribution in [-0.2, 0) is 21.5 Å². The maximum absolute atomic E-state index is 13.5. The second kappa shape index (κ2) is 10.7. The van der Waals surface area contributed by atoms with Crippen LogP contribution in [0.1, 0.15) is 47.8 Å². The number of nitrogens with zero attached hydrogens (tertiary/aromatic N) is 3. The van der Waals surface area contributed by atoms with Crippen LogP contribution in [-0.4, -0.2) is 71.7 Å². The molecule has 2 saturated heterocycles. The number of fused-ring (bicyclic) bond motifs is 1. The molecule has 0 aliphatic carbocycles. The minimum absolute atomic E-state index is 0.0170. The van der Waals surface area contributed by atoms with E-state index in [1.807, 2.05) is 35.2 Å². The third-order valence-corrected chi connectivity index (χ3v) is 8.27. The molecule has 3 aliphatic heterocycles. The Balaban J connectivity index is 1.48. The Morgan fingerprint density at radius 3 is 2.51 bits per heavy atom. The maximum Gasteiger partial charge on any atom is 0.265 e. The fourth-order valence-corrected chi connectivity index (χ4v) is 5.81. The van der Waals surface area contributed by atoms with E-state index in [9.17, 15) is 14.4 Å². The predicted octanol–water partition coefficient (Wildman–Crippen LogP) is 3.79. The Morgan fingerprint density at radius 2 is 1.85 bits per heavy atom. The molecule has 3 amide bonds. The standard InChI is InChI=1S/C29H32N4O4S2/c1-29(2,3)21-12-19(11-20(15-21)27(36)32-9-7-31(4)8-10-32)16-33-22-13-18(5-6-23(22)37-17-25(33)34)14-24-26(35)30-28(38)39-24/h5-6,11-15H,7-10,16-17H2,1-4H3,(H,30,35,38)/b24-14-. The summed E-state index contributed by atoms with van der Waals surface area (Å²) >= 11 is 6.31. The number of thiocarbonyl (C=S) groups is 1. The lowest BCUT2D eigenvalue weighted by Crippen LogP contribution is -2.47. The average molecular weight is 565 g/mol. The lowest BCUT2D eigenvalue weighted by atomic mass is 9.84. The third-order valence-electron chi connectivity index (χ3n) is 7.10. The molecule has 3 heterocycles. The van der Waals surface area contributed by atoms with Crippen LogP contribution in [0.2, 0.25) is 0 Å². The molecule has 0 saturated carbocycles. The number of hydrogen-bond acceptors (Lipinski definition) is 7. The van der Waals surface area contributed by atoms with Gasteiger partial charge in [-0.2, -0.15) is 0 Å². The highest BCUT2D eigenvalue weighted by molar-refractivity contribution is 8.26. The summed E-state index contributed by atoms with van der Waals surface area (Å²) in [6.45, 7) is 9.67. The van der Waals surface area contributed by atoms with Crippen LogP contribution in [0.3, 0.4) is 0 Å². The van der Waals surface area contributed by atoms with E-state index in [1.165, 1.54) is 11.8 Å². The molecule has 0 aromatic heterocycles. The first-order valence-corrected chi connectivity index (χ1v) is 14.1. The number of hydrogen-bond donors (Lipinski definition) is 1. The van der Waals surface area contributed by atoms with Gasteiger partial charge in [0.05, 0.1) is 17.1 Å². The highest BCUT2D eigenvalue weighted by atomic mass is 32.2. The Hall–Kier alpha value is -3.21. The van der Waals surface area contributed by atoms with Crippen LogP contribution in [0, 0.1) is 0 Å². The van der Waals surface area contributed by atoms with E-state index in [0.717, 1.165) is 29.8 Å². The SMILES string of the molecule is CN1CCN(C(=O)c2cc(CN3C(=O)COc4ccc(/C=C5\SC(=S)NC5=O)cc43)cc(C(C)(C)C)c2)CC1. The van der Waals surface area contributed by atoms with E-state index >= 15 is 0 Å². The highest BCUT2D eigenvalue weighted by Crippen LogP contribution is 2.36. The zero-order chi connectivity index (χ0) is 27.9. The number of benzene rings is 2. The number of rotatable bonds is 4. The van der Waals surface area contributed by atoms with Crippen molar-refractivity contribution >= 4 is 57.8 Å². The van der Waals surface area contributed by atoms with Crippen molar-refractivity contribution in [3.8, 4) is 5.75 Å². The first-order valence-electron chi connectivity index (χ1n) is 12.9. The number of nitrogens with one attached hydrogen (secondary N) is 1. The van der Waals surface area contributed by atoms with Gasteiger partial charge in [0, 0.05) is 31.7 Å². The van der Waals surface area contributed by atoms with Crippen molar-refractivity contribution in [3.63, 3.8) is 0 Å². The second-order valence-corrected chi connectivity index (χ2v) is 12.8. The van der Waals surface area contributed by atoms with Gasteiger partial charge in [-0.25, -0.2) is 0 Å². The Labute approximate surface area is 238 Å². The number of carbonyl (C=O) groups is 3. The molecule has 0 unspecified atom stereocenters. The zero-order valence-corrected chi connectivity index (χ0v) is 24.2. The molecular weight excluding hydrogens is 532 g/mol. The summed E-state index contributed by atoms with van der Waals surface area (Å²) < 4.78 is 6.13. The number of anilines is 1. The number of likely N-dealkylation sites (N-methyl/N-ethyl adjacent to an activating group) is 1. The topological polar surface area (TPSA) is 82.2 Å². The number of carbonyl (C=O) groups excluding carboxylic acids is 3. The first-order chi connectivity index (χ1) is 18.5. The molecule has 39 heavy (non-hydrogen) atoms. The number of ether oxygens (including phenoxy) is 1. The molecule has 5 rings (SSSR count). The van der Waals surface area contributed by atoms with Crippen molar-refractivity contribution in [1.82, 2.24) is 15.1 Å². The normalized spacial score (nSPS) is 19.3. The summed E-state index contributed by atoms with van der Waals surface area (Å²) in [5, 5.41) is 2.62. The van der Waals surface area contributed by atoms with E-state index < -0.39 is 0 Å². The molecule has 204 valence electrons. The van der Waals surface area contributed by atoms with Crippen LogP contribution in [0.15, 0.2) is 41.3 Å². The van der Waals surface area contributed by atoms with E-state index in [-0.39, 0.29) is 29.7 Å². The van der Waals surface area contributed by atoms with E-state index in [4.69, 9.17) is 17.0 Å². The van der Waals surface area contributed by atoms with Crippen LogP contribution in [0.5, 0.6) is 5.75 Å². The summed E-state index contributed by atoms with van der Waals surface area (Å²) in [7, 11) is 2.06. The molecule has 1 N–H and O–H groups in total. The van der Waals surface area contributed by atoms with Gasteiger partial charge >= 0.3 is 0 Å². The summed E-state index contributed by atoms with van der Waals surface area (Å²) in [5.74, 6) is 0.206. The van der Waals surface area contributed by atoms with Gasteiger partial charge in [0.1, 0.15) is 10.1 Å². The van der Waals surface area contributed by atoms with Crippen LogP contribution < -0.4 is 15.0 Å². The fourth-order valence-electron chi connectivity index (χ4n) is 4.77. The monoisotopic (exact) mass is 564 g/mol. The van der Waals surface area contributed by atoms with Crippen molar-refractivity contribution in [3.05, 3.63) is 63.6 Å². The van der Waals surface area contributed by atoms with Gasteiger partial charge in [0.2, 0.25) is 0 Å². The van der Waals surface area contributed by atoms with Gasteiger partial charge in [-0.15, -0.1) is 0 Å². The average Bonchev–Trinajstić information content (AvgIpc) is 3.21. The largest absolute Gasteiger partial charge is 0.482 e. The molecular formula is C29H32N4O4S2. The van der Waals surface area contributed by atoms with Gasteiger partial charge in [0.15, 0.2) is 6.61 Å². The van der Waals surface area contributed by atoms with Crippen molar-refractivity contribution in [2.24, 2.45) is 0 Å². The number of amides is 3. The predicted molar refractivity (Wildman–Crippen MR) is 158 cm³/mol. The van der Waals surface area contributed by atoms with Gasteiger partial charge in [-0.1, -0.05) is 56.9 Å². The summed E-state index contributed by atoms with van der Waals surface area (Å²) in [4.78, 5) is 45.1. The molecule has 0 bridgehead atoms. The van der Waals surface area contributed by atoms with Gasteiger partial charge < -0.3 is 24.8 Å². The Bertz CT molecular complexity index is 1390. The maximum atomic E-state index is 13.5. The van der Waals surface area contributed by atoms with Crippen LogP contribution in [0.25, 0.3) is 6.08 Å². The fraction of sp³-hybridized carbons (Fsp3) is 0.379. The van der Waals surface area contributed by atoms with Crippen molar-refractivity contribution in [2.75, 3.05) is 44.7 Å². The molecule has 2 fully saturated rings. The molecule has 10 heteroatoms. The molecule has 2 aromatic carbocycles. The van der Waals surface area contributed by atoms with Crippen molar-refractivity contribution in [2.45, 2.75) is 32.7 Å². The van der Waals surface area contributed by atoms with Gasteiger partial charge in [-0.05, 0) is 59.5 Å². The van der Waals surface area contributed by atoms with E-state index in [0.29, 0.717) is 45.9 Å². The summed E-state index contributed by atoms with van der Waals surface area (Å²) in [5.41, 5.74) is 3.76. The van der Waals surface area contributed by atoms with Crippen molar-refractivity contribution in [1.29, 1.82) is 0 Å². The first kappa shape index (κ1) is 27.4. The molecule has 0 atom stereocenters. The highest BCUT2D eigenvalue weighted by Gasteiger charge is 2.29. The lowest BCUT2D eigenvalue weighted by Gasteiger charge is -2.33. The smallest absolute Gasteiger partial charge is 0.265 e. The summed E-state index contributed by atoms with van der Waals surface area (Å²) in [6, 6.07) is 11.5. The van der Waals surface area contributed by atoms with Crippen LogP contribution in [0.4, 0.5) is 5.69 Å². The number of piperazine rings is 1. The van der Waals surface area contributed by atoms with E-state index in [1.54, 1.807) is 11.0 Å². The Kier molecular flexibility index (Phi) is 7.54. The summed E-state index contributed by atoms with van der Waals surface area (Å²) in [6.07, 6.45) is 1.75. The zero-order valence-electron chi connectivity index (χ0n) is 22.6. The lowest BCUT2D eigenvalue weighted by molar-refractivity contribution is -0.121. The minimum atomic E-state index is -0.233. The molecule has 8 nitrogen and oxygen atoms in total. The van der Waals surface area contributed by atoms with Crippen molar-refractivity contribution < 1.29 is 19.1 Å². The van der Waals surface area contributed by atoms with E-state index in [2.05, 4.69) is 44.1 Å².